The van der Waals surface area contributed by atoms with E-state index >= 15 is 0 Å². The number of rotatable bonds is 4. The molecule has 22 heavy (non-hydrogen) atoms. The van der Waals surface area contributed by atoms with Gasteiger partial charge < -0.3 is 9.47 Å². The van der Waals surface area contributed by atoms with Crippen LogP contribution in [0.3, 0.4) is 0 Å². The molecule has 0 aliphatic carbocycles. The molecule has 0 unspecified atom stereocenters. The van der Waals surface area contributed by atoms with Gasteiger partial charge in [-0.15, -0.1) is 0 Å². The van der Waals surface area contributed by atoms with E-state index in [1.54, 1.807) is 31.2 Å². The van der Waals surface area contributed by atoms with Crippen molar-refractivity contribution in [2.75, 3.05) is 6.61 Å². The van der Waals surface area contributed by atoms with Gasteiger partial charge in [0, 0.05) is 0 Å². The second-order valence-corrected chi connectivity index (χ2v) is 5.50. The summed E-state index contributed by atoms with van der Waals surface area (Å²) in [7, 11) is 0. The first-order valence-electron chi connectivity index (χ1n) is 6.46. The van der Waals surface area contributed by atoms with Gasteiger partial charge in [0.15, 0.2) is 0 Å². The third-order valence-electron chi connectivity index (χ3n) is 2.74. The van der Waals surface area contributed by atoms with E-state index in [-0.39, 0.29) is 11.3 Å². The highest BCUT2D eigenvalue weighted by molar-refractivity contribution is 9.10. The average molecular weight is 384 g/mol. The molecule has 0 radical (unpaired) electrons. The summed E-state index contributed by atoms with van der Waals surface area (Å²) in [5, 5.41) is 0.312. The van der Waals surface area contributed by atoms with Crippen LogP contribution in [0.4, 0.5) is 0 Å². The topological polar surface area (TPSA) is 52.6 Å². The Morgan fingerprint density at radius 1 is 1.14 bits per heavy atom. The number of carbonyl (C=O) groups is 2. The maximum absolute atomic E-state index is 12.1. The van der Waals surface area contributed by atoms with Gasteiger partial charge in [0.1, 0.15) is 5.75 Å². The van der Waals surface area contributed by atoms with Crippen molar-refractivity contribution in [3.8, 4) is 5.75 Å². The van der Waals surface area contributed by atoms with Gasteiger partial charge in [0.25, 0.3) is 0 Å². The van der Waals surface area contributed by atoms with E-state index in [2.05, 4.69) is 15.9 Å². The average Bonchev–Trinajstić information content (AvgIpc) is 2.49. The Hall–Kier alpha value is -1.85. The maximum Gasteiger partial charge on any atom is 0.345 e. The molecule has 0 saturated heterocycles. The van der Waals surface area contributed by atoms with Crippen LogP contribution in [0.15, 0.2) is 46.9 Å². The van der Waals surface area contributed by atoms with Crippen molar-refractivity contribution < 1.29 is 19.1 Å². The molecule has 0 aliphatic heterocycles. The summed E-state index contributed by atoms with van der Waals surface area (Å²) in [4.78, 5) is 23.7. The minimum absolute atomic E-state index is 0.269. The summed E-state index contributed by atoms with van der Waals surface area (Å²) >= 11 is 9.22. The summed E-state index contributed by atoms with van der Waals surface area (Å²) in [6.07, 6.45) is 0. The van der Waals surface area contributed by atoms with Gasteiger partial charge >= 0.3 is 11.9 Å². The molecule has 2 aromatic carbocycles. The first kappa shape index (κ1) is 16.5. The van der Waals surface area contributed by atoms with Crippen molar-refractivity contribution in [2.24, 2.45) is 0 Å². The van der Waals surface area contributed by atoms with Crippen LogP contribution in [0.1, 0.15) is 27.6 Å². The zero-order chi connectivity index (χ0) is 16.1. The normalized spacial score (nSPS) is 10.1. The first-order chi connectivity index (χ1) is 10.5. The fraction of sp³-hybridized carbons (Fsp3) is 0.125. The molecular formula is C16H12BrClO4. The predicted octanol–water partition coefficient (Wildman–Crippen LogP) is 4.50. The number of carbonyl (C=O) groups excluding carboxylic acids is 2. The molecule has 2 aromatic rings. The lowest BCUT2D eigenvalue weighted by Crippen LogP contribution is -2.10. The molecule has 2 rings (SSSR count). The molecule has 6 heteroatoms. The Bertz CT molecular complexity index is 715. The largest absolute Gasteiger partial charge is 0.462 e. The third kappa shape index (κ3) is 3.87. The maximum atomic E-state index is 12.1. The van der Waals surface area contributed by atoms with Gasteiger partial charge in [-0.3, -0.25) is 0 Å². The van der Waals surface area contributed by atoms with Crippen LogP contribution in [0.2, 0.25) is 5.02 Å². The van der Waals surface area contributed by atoms with Crippen LogP contribution >= 0.6 is 27.5 Å². The second kappa shape index (κ2) is 7.42. The Balaban J connectivity index is 2.19. The van der Waals surface area contributed by atoms with Crippen molar-refractivity contribution in [3.63, 3.8) is 0 Å². The highest BCUT2D eigenvalue weighted by atomic mass is 79.9. The molecular weight excluding hydrogens is 372 g/mol. The molecule has 114 valence electrons. The summed E-state index contributed by atoms with van der Waals surface area (Å²) in [5.41, 5.74) is 0.636. The number of ether oxygens (including phenoxy) is 2. The Morgan fingerprint density at radius 2 is 1.86 bits per heavy atom. The number of halogens is 2. The molecule has 0 atom stereocenters. The van der Waals surface area contributed by atoms with Gasteiger partial charge in [-0.05, 0) is 53.2 Å². The van der Waals surface area contributed by atoms with Gasteiger partial charge in [-0.25, -0.2) is 9.59 Å². The van der Waals surface area contributed by atoms with E-state index < -0.39 is 11.9 Å². The highest BCUT2D eigenvalue weighted by Crippen LogP contribution is 2.28. The smallest absolute Gasteiger partial charge is 0.345 e. The molecule has 0 saturated carbocycles. The molecule has 0 aliphatic rings. The van der Waals surface area contributed by atoms with E-state index in [1.165, 1.54) is 18.2 Å². The minimum Gasteiger partial charge on any atom is -0.462 e. The van der Waals surface area contributed by atoms with Crippen molar-refractivity contribution in [1.82, 2.24) is 0 Å². The molecule has 4 nitrogen and oxygen atoms in total. The number of hydrogen-bond acceptors (Lipinski definition) is 4. The SMILES string of the molecule is CCOC(=O)c1ccc(OC(=O)c2ccccc2Cl)c(Br)c1. The lowest BCUT2D eigenvalue weighted by atomic mass is 10.2. The van der Waals surface area contributed by atoms with Crippen LogP contribution in [0.5, 0.6) is 5.75 Å². The van der Waals surface area contributed by atoms with Gasteiger partial charge in [-0.2, -0.15) is 0 Å². The monoisotopic (exact) mass is 382 g/mol. The van der Waals surface area contributed by atoms with E-state index in [1.807, 2.05) is 0 Å². The molecule has 0 fully saturated rings. The minimum atomic E-state index is -0.574. The summed E-state index contributed by atoms with van der Waals surface area (Å²) in [5.74, 6) is -0.722. The molecule has 0 bridgehead atoms. The lowest BCUT2D eigenvalue weighted by Gasteiger charge is -2.09. The highest BCUT2D eigenvalue weighted by Gasteiger charge is 2.15. The Morgan fingerprint density at radius 3 is 2.50 bits per heavy atom. The zero-order valence-corrected chi connectivity index (χ0v) is 14.0. The Kier molecular flexibility index (Phi) is 5.57. The quantitative estimate of drug-likeness (QED) is 0.576. The summed E-state index contributed by atoms with van der Waals surface area (Å²) < 4.78 is 10.7. The van der Waals surface area contributed by atoms with Gasteiger partial charge in [0.2, 0.25) is 0 Å². The van der Waals surface area contributed by atoms with Crippen LogP contribution in [0, 0.1) is 0 Å². The number of benzene rings is 2. The summed E-state index contributed by atoms with van der Waals surface area (Å²) in [6.45, 7) is 2.02. The van der Waals surface area contributed by atoms with Crippen LogP contribution in [0.25, 0.3) is 0 Å². The number of esters is 2. The van der Waals surface area contributed by atoms with Crippen molar-refractivity contribution >= 4 is 39.5 Å². The van der Waals surface area contributed by atoms with E-state index in [0.29, 0.717) is 21.7 Å². The van der Waals surface area contributed by atoms with Crippen molar-refractivity contribution in [3.05, 3.63) is 63.1 Å². The lowest BCUT2D eigenvalue weighted by molar-refractivity contribution is 0.0526. The number of hydrogen-bond donors (Lipinski definition) is 0. The molecule has 0 N–H and O–H groups in total. The van der Waals surface area contributed by atoms with Gasteiger partial charge in [0.05, 0.1) is 27.2 Å². The third-order valence-corrected chi connectivity index (χ3v) is 3.69. The van der Waals surface area contributed by atoms with E-state index in [4.69, 9.17) is 21.1 Å². The molecule has 0 spiro atoms. The molecule has 0 heterocycles. The van der Waals surface area contributed by atoms with E-state index in [0.717, 1.165) is 0 Å². The summed E-state index contributed by atoms with van der Waals surface area (Å²) in [6, 6.07) is 11.2. The van der Waals surface area contributed by atoms with Crippen LogP contribution in [-0.2, 0) is 4.74 Å². The van der Waals surface area contributed by atoms with Gasteiger partial charge in [-0.1, -0.05) is 23.7 Å². The Labute approximate surface area is 141 Å². The van der Waals surface area contributed by atoms with E-state index in [9.17, 15) is 9.59 Å². The van der Waals surface area contributed by atoms with Crippen LogP contribution < -0.4 is 4.74 Å². The van der Waals surface area contributed by atoms with Crippen molar-refractivity contribution in [1.29, 1.82) is 0 Å². The fourth-order valence-electron chi connectivity index (χ4n) is 1.71. The fourth-order valence-corrected chi connectivity index (χ4v) is 2.38. The van der Waals surface area contributed by atoms with Crippen molar-refractivity contribution in [2.45, 2.75) is 6.92 Å². The standard InChI is InChI=1S/C16H12BrClO4/c1-2-21-15(19)10-7-8-14(12(17)9-10)22-16(20)11-5-3-4-6-13(11)18/h3-9H,2H2,1H3. The van der Waals surface area contributed by atoms with Crippen LogP contribution in [-0.4, -0.2) is 18.5 Å². The molecule has 0 amide bonds. The second-order valence-electron chi connectivity index (χ2n) is 4.24. The first-order valence-corrected chi connectivity index (χ1v) is 7.63. The zero-order valence-electron chi connectivity index (χ0n) is 11.6. The molecule has 0 aromatic heterocycles. The predicted molar refractivity (Wildman–Crippen MR) is 86.5 cm³/mol.